The van der Waals surface area contributed by atoms with Crippen molar-refractivity contribution in [2.75, 3.05) is 0 Å². The summed E-state index contributed by atoms with van der Waals surface area (Å²) in [5.74, 6) is 0.259. The van der Waals surface area contributed by atoms with Crippen LogP contribution < -0.4 is 0 Å². The van der Waals surface area contributed by atoms with E-state index in [1.165, 1.54) is 33.3 Å². The average Bonchev–Trinajstić information content (AvgIpc) is 2.55. The summed E-state index contributed by atoms with van der Waals surface area (Å²) in [6.07, 6.45) is 1.48. The fourth-order valence-electron chi connectivity index (χ4n) is 2.66. The van der Waals surface area contributed by atoms with Crippen LogP contribution in [-0.4, -0.2) is 10.4 Å². The molecular formula is C16H21NO. The minimum absolute atomic E-state index is 0.259. The molecule has 0 aliphatic carbocycles. The van der Waals surface area contributed by atoms with Crippen molar-refractivity contribution in [2.45, 2.75) is 40.5 Å². The van der Waals surface area contributed by atoms with E-state index in [9.17, 15) is 4.79 Å². The molecule has 1 heterocycles. The summed E-state index contributed by atoms with van der Waals surface area (Å²) in [5.41, 5.74) is 6.57. The van der Waals surface area contributed by atoms with Crippen LogP contribution in [0.4, 0.5) is 0 Å². The van der Waals surface area contributed by atoms with E-state index in [1.54, 1.807) is 6.92 Å². The summed E-state index contributed by atoms with van der Waals surface area (Å²) in [6.45, 7) is 8.12. The lowest BCUT2D eigenvalue weighted by molar-refractivity contribution is -0.116. The molecule has 0 fully saturated rings. The second-order valence-electron chi connectivity index (χ2n) is 5.23. The molecule has 96 valence electrons. The number of benzene rings is 1. The molecule has 2 rings (SSSR count). The molecular weight excluding hydrogens is 222 g/mol. The molecule has 1 aromatic carbocycles. The van der Waals surface area contributed by atoms with Gasteiger partial charge in [0.25, 0.3) is 0 Å². The van der Waals surface area contributed by atoms with E-state index < -0.39 is 0 Å². The van der Waals surface area contributed by atoms with E-state index in [-0.39, 0.29) is 5.78 Å². The predicted molar refractivity (Wildman–Crippen MR) is 76.1 cm³/mol. The van der Waals surface area contributed by atoms with Crippen LogP contribution in [0.1, 0.15) is 35.7 Å². The lowest BCUT2D eigenvalue weighted by Crippen LogP contribution is -1.97. The van der Waals surface area contributed by atoms with Gasteiger partial charge >= 0.3 is 0 Å². The highest BCUT2D eigenvalue weighted by atomic mass is 16.1. The van der Waals surface area contributed by atoms with Crippen LogP contribution in [0.2, 0.25) is 0 Å². The molecule has 0 N–H and O–H groups in total. The first-order valence-electron chi connectivity index (χ1n) is 6.47. The molecule has 0 radical (unpaired) electrons. The minimum Gasteiger partial charge on any atom is -0.347 e. The van der Waals surface area contributed by atoms with E-state index >= 15 is 0 Å². The average molecular weight is 243 g/mol. The van der Waals surface area contributed by atoms with Gasteiger partial charge in [-0.25, -0.2) is 0 Å². The Morgan fingerprint density at radius 2 is 1.89 bits per heavy atom. The normalized spacial score (nSPS) is 11.2. The Bertz CT molecular complexity index is 620. The molecule has 2 aromatic rings. The fourth-order valence-corrected chi connectivity index (χ4v) is 2.66. The molecule has 0 bridgehead atoms. The largest absolute Gasteiger partial charge is 0.347 e. The number of nitrogens with zero attached hydrogens (tertiary/aromatic N) is 1. The van der Waals surface area contributed by atoms with Gasteiger partial charge in [-0.2, -0.15) is 0 Å². The third-order valence-corrected chi connectivity index (χ3v) is 4.03. The van der Waals surface area contributed by atoms with Gasteiger partial charge in [0, 0.05) is 24.5 Å². The molecule has 1 aromatic heterocycles. The van der Waals surface area contributed by atoms with E-state index in [4.69, 9.17) is 0 Å². The summed E-state index contributed by atoms with van der Waals surface area (Å²) in [6, 6.07) is 4.37. The van der Waals surface area contributed by atoms with E-state index in [2.05, 4.69) is 44.5 Å². The molecule has 0 saturated carbocycles. The van der Waals surface area contributed by atoms with E-state index in [0.29, 0.717) is 6.42 Å². The van der Waals surface area contributed by atoms with Gasteiger partial charge in [-0.1, -0.05) is 12.1 Å². The number of ketones is 1. The number of aromatic nitrogens is 1. The summed E-state index contributed by atoms with van der Waals surface area (Å²) in [7, 11) is 2.11. The zero-order valence-electron chi connectivity index (χ0n) is 11.9. The van der Waals surface area contributed by atoms with E-state index in [1.807, 2.05) is 0 Å². The third kappa shape index (κ3) is 1.96. The number of hydrogen-bond acceptors (Lipinski definition) is 1. The SMILES string of the molecule is CC(=O)CCc1c(C)n(C)c2c(C)c(C)ccc12. The van der Waals surface area contributed by atoms with Crippen molar-refractivity contribution in [3.63, 3.8) is 0 Å². The van der Waals surface area contributed by atoms with E-state index in [0.717, 1.165) is 6.42 Å². The van der Waals surface area contributed by atoms with Crippen molar-refractivity contribution >= 4 is 16.7 Å². The van der Waals surface area contributed by atoms with Crippen molar-refractivity contribution in [3.8, 4) is 0 Å². The maximum absolute atomic E-state index is 11.2. The first-order chi connectivity index (χ1) is 8.43. The topological polar surface area (TPSA) is 22.0 Å². The highest BCUT2D eigenvalue weighted by Crippen LogP contribution is 2.30. The lowest BCUT2D eigenvalue weighted by atomic mass is 10.0. The highest BCUT2D eigenvalue weighted by Gasteiger charge is 2.14. The number of carbonyl (C=O) groups is 1. The maximum atomic E-state index is 11.2. The van der Waals surface area contributed by atoms with Crippen molar-refractivity contribution in [3.05, 3.63) is 34.5 Å². The number of hydrogen-bond donors (Lipinski definition) is 0. The van der Waals surface area contributed by atoms with Gasteiger partial charge in [0.05, 0.1) is 5.52 Å². The van der Waals surface area contributed by atoms with Gasteiger partial charge in [-0.15, -0.1) is 0 Å². The Kier molecular flexibility index (Phi) is 3.29. The number of fused-ring (bicyclic) bond motifs is 1. The first kappa shape index (κ1) is 12.9. The molecule has 2 nitrogen and oxygen atoms in total. The van der Waals surface area contributed by atoms with Crippen LogP contribution >= 0.6 is 0 Å². The van der Waals surface area contributed by atoms with Gasteiger partial charge in [-0.3, -0.25) is 0 Å². The Labute approximate surface area is 109 Å². The number of carbonyl (C=O) groups excluding carboxylic acids is 1. The van der Waals surface area contributed by atoms with Crippen LogP contribution in [0.15, 0.2) is 12.1 Å². The van der Waals surface area contributed by atoms with Crippen molar-refractivity contribution in [1.29, 1.82) is 0 Å². The quantitative estimate of drug-likeness (QED) is 0.807. The van der Waals surface area contributed by atoms with Crippen LogP contribution in [0.3, 0.4) is 0 Å². The third-order valence-electron chi connectivity index (χ3n) is 4.03. The summed E-state index contributed by atoms with van der Waals surface area (Å²) < 4.78 is 2.26. The summed E-state index contributed by atoms with van der Waals surface area (Å²) in [5, 5.41) is 1.30. The Balaban J connectivity index is 2.64. The molecule has 0 spiro atoms. The lowest BCUT2D eigenvalue weighted by Gasteiger charge is -2.05. The van der Waals surface area contributed by atoms with Crippen molar-refractivity contribution in [1.82, 2.24) is 4.57 Å². The zero-order chi connectivity index (χ0) is 13.4. The smallest absolute Gasteiger partial charge is 0.130 e. The minimum atomic E-state index is 0.259. The standard InChI is InChI=1S/C16H21NO/c1-10-6-8-15-14(9-7-11(2)18)13(4)17(5)16(15)12(10)3/h6,8H,7,9H2,1-5H3. The molecule has 18 heavy (non-hydrogen) atoms. The predicted octanol–water partition coefficient (Wildman–Crippen LogP) is 3.63. The Morgan fingerprint density at radius 3 is 2.50 bits per heavy atom. The highest BCUT2D eigenvalue weighted by molar-refractivity contribution is 5.89. The van der Waals surface area contributed by atoms with Gasteiger partial charge in [0.15, 0.2) is 0 Å². The monoisotopic (exact) mass is 243 g/mol. The van der Waals surface area contributed by atoms with Crippen LogP contribution in [-0.2, 0) is 18.3 Å². The summed E-state index contributed by atoms with van der Waals surface area (Å²) >= 11 is 0. The molecule has 0 aliphatic heterocycles. The molecule has 0 aliphatic rings. The molecule has 0 amide bonds. The molecule has 2 heteroatoms. The zero-order valence-corrected chi connectivity index (χ0v) is 11.9. The van der Waals surface area contributed by atoms with Crippen LogP contribution in [0.5, 0.6) is 0 Å². The van der Waals surface area contributed by atoms with Crippen molar-refractivity contribution in [2.24, 2.45) is 7.05 Å². The van der Waals surface area contributed by atoms with Gasteiger partial charge in [0.2, 0.25) is 0 Å². The maximum Gasteiger partial charge on any atom is 0.130 e. The molecule has 0 unspecified atom stereocenters. The molecule has 0 atom stereocenters. The van der Waals surface area contributed by atoms with Crippen molar-refractivity contribution < 1.29 is 4.79 Å². The number of Topliss-reactive ketones (excluding diaryl/α,β-unsaturated/α-hetero) is 1. The van der Waals surface area contributed by atoms with Crippen LogP contribution in [0.25, 0.3) is 10.9 Å². The second-order valence-corrected chi connectivity index (χ2v) is 5.23. The first-order valence-corrected chi connectivity index (χ1v) is 6.47. The summed E-state index contributed by atoms with van der Waals surface area (Å²) in [4.78, 5) is 11.2. The number of rotatable bonds is 3. The second kappa shape index (κ2) is 4.60. The number of aryl methyl sites for hydroxylation is 4. The molecule has 0 saturated heterocycles. The van der Waals surface area contributed by atoms with Gasteiger partial charge in [0.1, 0.15) is 5.78 Å². The Morgan fingerprint density at radius 1 is 1.22 bits per heavy atom. The fraction of sp³-hybridized carbons (Fsp3) is 0.438. The Hall–Kier alpha value is -1.57. The van der Waals surface area contributed by atoms with Crippen LogP contribution in [0, 0.1) is 20.8 Å². The van der Waals surface area contributed by atoms with Gasteiger partial charge in [-0.05, 0) is 50.8 Å². The van der Waals surface area contributed by atoms with Gasteiger partial charge < -0.3 is 9.36 Å².